The molecule has 8 aromatic carbocycles. The zero-order valence-corrected chi connectivity index (χ0v) is 68.4. The number of aliphatic hydroxyl groups excluding tert-OH is 4. The molecule has 636 valence electrons. The molecule has 0 aromatic heterocycles. The second-order valence-electron chi connectivity index (χ2n) is 27.1. The minimum atomic E-state index is -4.24. The number of β-amino-alcohol motifs (C(OH)–C–C–N with tert-alkyl or cyclic N) is 3. The van der Waals surface area contributed by atoms with Gasteiger partial charge in [-0.15, -0.1) is 0 Å². The predicted molar refractivity (Wildman–Crippen MR) is 424 cm³/mol. The summed E-state index contributed by atoms with van der Waals surface area (Å²) in [7, 11) is -16.7. The Bertz CT molecular complexity index is 5330. The molecule has 4 atom stereocenters. The quantitative estimate of drug-likeness (QED) is 0.0370. The molecule has 41 heteroatoms. The second-order valence-corrected chi connectivity index (χ2v) is 36.4. The van der Waals surface area contributed by atoms with Crippen LogP contribution in [0.5, 0.6) is 0 Å². The summed E-state index contributed by atoms with van der Waals surface area (Å²) in [4.78, 5) is 48.1. The Morgan fingerprint density at radius 3 is 1.00 bits per heavy atom. The van der Waals surface area contributed by atoms with Crippen molar-refractivity contribution in [3.05, 3.63) is 234 Å². The number of hydrogen-bond donors (Lipinski definition) is 8. The molecule has 4 heterocycles. The highest BCUT2D eigenvalue weighted by Gasteiger charge is 2.36. The number of hydrogen-bond acceptors (Lipinski definition) is 17. The van der Waals surface area contributed by atoms with Crippen LogP contribution in [0.3, 0.4) is 0 Å². The van der Waals surface area contributed by atoms with Crippen LogP contribution in [0, 0.1) is 34.9 Å². The van der Waals surface area contributed by atoms with Crippen LogP contribution >= 0.6 is 46.4 Å². The first-order valence-corrected chi connectivity index (χ1v) is 43.4. The average molecular weight is 1810 g/mol. The first kappa shape index (κ1) is 93.5. The van der Waals surface area contributed by atoms with E-state index < -0.39 is 146 Å². The van der Waals surface area contributed by atoms with Gasteiger partial charge in [0.05, 0.1) is 67.5 Å². The molecule has 4 aliphatic rings. The smallest absolute Gasteiger partial charge is 0.255 e. The Kier molecular flexibility index (Phi) is 33.1. The molecule has 118 heavy (non-hydrogen) atoms. The lowest BCUT2D eigenvalue weighted by atomic mass is 10.1. The number of carbonyl (C=O) groups excluding carboxylic acids is 4. The zero-order valence-electron chi connectivity index (χ0n) is 62.1. The largest absolute Gasteiger partial charge is 0.393 e. The summed E-state index contributed by atoms with van der Waals surface area (Å²) in [6, 6.07) is 27.6. The molecule has 12 rings (SSSR count). The molecule has 25 nitrogen and oxygen atoms in total. The molecule has 2 unspecified atom stereocenters. The van der Waals surface area contributed by atoms with Crippen LogP contribution in [-0.4, -0.2) is 185 Å². The summed E-state index contributed by atoms with van der Waals surface area (Å²) in [5.74, 6) is -7.34. The van der Waals surface area contributed by atoms with Crippen molar-refractivity contribution in [2.45, 2.75) is 115 Å². The normalized spacial score (nSPS) is 18.2. The van der Waals surface area contributed by atoms with E-state index >= 15 is 0 Å². The number of anilines is 4. The Hall–Kier alpha value is -8.32. The third kappa shape index (κ3) is 24.5. The summed E-state index contributed by atoms with van der Waals surface area (Å²) >= 11 is 22.8. The van der Waals surface area contributed by atoms with E-state index in [1.54, 1.807) is 0 Å². The third-order valence-electron chi connectivity index (χ3n) is 18.6. The lowest BCUT2D eigenvalue weighted by Gasteiger charge is -2.22. The van der Waals surface area contributed by atoms with Gasteiger partial charge in [-0.3, -0.25) is 19.2 Å². The standard InChI is InChI=1S/C20H21ClF2N2O4S.C19H19ClF2N2O5S.2C19H19ClF2N2O4S/c21-17-11-15(5-6-18(17)23)24-20(27)13-3-4-14(12-22)19(10-13)30(28,29)25-8-1-2-16(26)7-9-25;20-16-8-14(3-4-17(16)22)23-19(26)12-1-2-13(9-21)18(7-12)30(27,28)24-5-6-29-11-15(25)10-24;2*20-15-10-13(5-7-16(15)21)23-19(26)12-4-6-17(22)18(9-12)29(27,28)24-8-2-1-3-14(25)11-24/h3-6,10-11,16,26H,1-2,7-9,12H2,(H,24,27);1-4,7-8,15,25H,5-6,9-11H2,(H,23,26);2*4-7,9-10,14,25H,1-3,8,11H2,(H,23,26)/t;;2*14-/m..10/s1. The minimum absolute atomic E-state index is 0.000999. The molecule has 4 fully saturated rings. The number of alkyl halides is 2. The fraction of sp³-hybridized carbons (Fsp3) is 0.325. The molecule has 0 spiro atoms. The Morgan fingerprint density at radius 2 is 0.644 bits per heavy atom. The maximum atomic E-state index is 14.3. The van der Waals surface area contributed by atoms with Crippen molar-refractivity contribution >= 4 is 133 Å². The van der Waals surface area contributed by atoms with Gasteiger partial charge >= 0.3 is 0 Å². The van der Waals surface area contributed by atoms with Crippen molar-refractivity contribution in [3.8, 4) is 0 Å². The summed E-state index contributed by atoms with van der Waals surface area (Å²) in [5.41, 5.74) is 0.430. The van der Waals surface area contributed by atoms with Crippen LogP contribution in [0.2, 0.25) is 20.1 Å². The summed E-state index contributed by atoms with van der Waals surface area (Å²) < 4.78 is 222. The van der Waals surface area contributed by atoms with Crippen molar-refractivity contribution in [2.75, 3.05) is 86.8 Å². The van der Waals surface area contributed by atoms with Crippen molar-refractivity contribution in [3.63, 3.8) is 0 Å². The molecule has 8 aromatic rings. The molecular formula is C77H78Cl4F8N8O17S4. The number of nitrogens with one attached hydrogen (secondary N) is 4. The molecular weight excluding hydrogens is 1730 g/mol. The summed E-state index contributed by atoms with van der Waals surface area (Å²) in [6.07, 6.45) is 1.36. The van der Waals surface area contributed by atoms with E-state index in [0.29, 0.717) is 51.4 Å². The Balaban J connectivity index is 0.000000179. The highest BCUT2D eigenvalue weighted by atomic mass is 35.5. The molecule has 0 bridgehead atoms. The van der Waals surface area contributed by atoms with Crippen LogP contribution in [0.4, 0.5) is 57.9 Å². The lowest BCUT2D eigenvalue weighted by Crippen LogP contribution is -2.38. The molecule has 4 saturated heterocycles. The van der Waals surface area contributed by atoms with E-state index in [0.717, 1.165) is 85.7 Å². The van der Waals surface area contributed by atoms with Gasteiger partial charge in [-0.1, -0.05) is 58.5 Å². The van der Waals surface area contributed by atoms with Crippen LogP contribution in [0.1, 0.15) is 110 Å². The van der Waals surface area contributed by atoms with Gasteiger partial charge in [-0.25, -0.2) is 68.8 Å². The highest BCUT2D eigenvalue weighted by molar-refractivity contribution is 7.90. The molecule has 0 saturated carbocycles. The van der Waals surface area contributed by atoms with Gasteiger partial charge in [0.25, 0.3) is 23.6 Å². The van der Waals surface area contributed by atoms with E-state index in [-0.39, 0.29) is 158 Å². The van der Waals surface area contributed by atoms with E-state index in [1.165, 1.54) is 77.1 Å². The second kappa shape index (κ2) is 41.8. The van der Waals surface area contributed by atoms with Crippen LogP contribution in [0.25, 0.3) is 0 Å². The predicted octanol–water partition coefficient (Wildman–Crippen LogP) is 13.1. The number of nitrogens with zero attached hydrogens (tertiary/aromatic N) is 4. The molecule has 4 amide bonds. The van der Waals surface area contributed by atoms with Gasteiger partial charge in [0.2, 0.25) is 40.1 Å². The molecule has 8 N–H and O–H groups in total. The number of sulfonamides is 4. The van der Waals surface area contributed by atoms with Crippen molar-refractivity contribution in [1.29, 1.82) is 0 Å². The average Bonchev–Trinajstić information content (AvgIpc) is 0.792. The van der Waals surface area contributed by atoms with E-state index in [1.807, 2.05) is 0 Å². The van der Waals surface area contributed by atoms with Crippen molar-refractivity contribution in [1.82, 2.24) is 17.2 Å². The fourth-order valence-electron chi connectivity index (χ4n) is 12.3. The first-order valence-electron chi connectivity index (χ1n) is 36.1. The number of benzene rings is 8. The van der Waals surface area contributed by atoms with Gasteiger partial charge in [0, 0.05) is 108 Å². The van der Waals surface area contributed by atoms with Gasteiger partial charge < -0.3 is 46.4 Å². The Morgan fingerprint density at radius 1 is 0.347 bits per heavy atom. The number of rotatable bonds is 18. The van der Waals surface area contributed by atoms with Crippen LogP contribution in [0.15, 0.2) is 165 Å². The summed E-state index contributed by atoms with van der Waals surface area (Å²) in [5, 5.41) is 48.6. The van der Waals surface area contributed by atoms with Crippen molar-refractivity contribution < 1.29 is 113 Å². The van der Waals surface area contributed by atoms with Gasteiger partial charge in [0.15, 0.2) is 0 Å². The summed E-state index contributed by atoms with van der Waals surface area (Å²) in [6.45, 7) is -1.87. The van der Waals surface area contributed by atoms with Gasteiger partial charge in [-0.05, 0) is 191 Å². The molecule has 4 aliphatic heterocycles. The highest BCUT2D eigenvalue weighted by Crippen LogP contribution is 2.33. The molecule has 0 aliphatic carbocycles. The fourth-order valence-corrected chi connectivity index (χ4v) is 19.7. The van der Waals surface area contributed by atoms with Crippen molar-refractivity contribution in [2.24, 2.45) is 0 Å². The topological polar surface area (TPSA) is 356 Å². The number of carbonyl (C=O) groups is 4. The number of ether oxygens (including phenoxy) is 1. The van der Waals surface area contributed by atoms with Gasteiger partial charge in [0.1, 0.15) is 58.0 Å². The number of aliphatic hydroxyl groups is 4. The monoisotopic (exact) mass is 1810 g/mol. The lowest BCUT2D eigenvalue weighted by molar-refractivity contribution is 0.0583. The first-order chi connectivity index (χ1) is 55.8. The van der Waals surface area contributed by atoms with E-state index in [9.17, 15) is 108 Å². The van der Waals surface area contributed by atoms with Gasteiger partial charge in [-0.2, -0.15) is 17.2 Å². The molecule has 0 radical (unpaired) electrons. The maximum Gasteiger partial charge on any atom is 0.255 e. The van der Waals surface area contributed by atoms with Crippen LogP contribution < -0.4 is 21.3 Å². The minimum Gasteiger partial charge on any atom is -0.393 e. The SMILES string of the molecule is O=C(Nc1ccc(F)c(Cl)c1)c1ccc(CF)c(S(=O)(=O)N2CCCC(O)CC2)c1.O=C(Nc1ccc(F)c(Cl)c1)c1ccc(CF)c(S(=O)(=O)N2CCOCC(O)C2)c1.O=C(Nc1ccc(F)c(Cl)c1)c1ccc(F)c(S(=O)(=O)N2CCCC[C@@H](O)C2)c1.O=C(Nc1ccc(F)c(Cl)c1)c1ccc(F)c(S(=O)(=O)N2CCCC[C@H](O)C2)c1. The Labute approximate surface area is 694 Å². The van der Waals surface area contributed by atoms with E-state index in [2.05, 4.69) is 21.3 Å². The van der Waals surface area contributed by atoms with E-state index in [4.69, 9.17) is 51.1 Å². The zero-order chi connectivity index (χ0) is 86.1. The number of halogens is 12. The maximum absolute atomic E-state index is 14.3. The third-order valence-corrected chi connectivity index (χ3v) is 27.4. The van der Waals surface area contributed by atoms with Crippen LogP contribution in [-0.2, 0) is 58.2 Å². The number of amides is 4.